The van der Waals surface area contributed by atoms with Crippen molar-refractivity contribution in [1.29, 1.82) is 0 Å². The molecule has 4 heteroatoms. The topological polar surface area (TPSA) is 53.1 Å². The first-order valence-electron chi connectivity index (χ1n) is 4.35. The molecule has 0 spiro atoms. The molecule has 15 heavy (non-hydrogen) atoms. The van der Waals surface area contributed by atoms with Gasteiger partial charge in [-0.15, -0.1) is 0 Å². The number of hydrogen-bond donors (Lipinski definition) is 2. The second kappa shape index (κ2) is 3.57. The minimum atomic E-state index is -1.03. The molecule has 1 aromatic carbocycles. The summed E-state index contributed by atoms with van der Waals surface area (Å²) >= 11 is 0. The van der Waals surface area contributed by atoms with Gasteiger partial charge in [-0.3, -0.25) is 0 Å². The molecule has 0 radical (unpaired) electrons. The number of carbonyl (C=O) groups is 1. The predicted octanol–water partition coefficient (Wildman–Crippen LogP) is 2.40. The number of aromatic amines is 1. The van der Waals surface area contributed by atoms with Crippen molar-refractivity contribution in [2.75, 3.05) is 0 Å². The van der Waals surface area contributed by atoms with E-state index in [4.69, 9.17) is 5.11 Å². The summed E-state index contributed by atoms with van der Waals surface area (Å²) in [5, 5.41) is 9.14. The highest BCUT2D eigenvalue weighted by Crippen LogP contribution is 2.21. The summed E-state index contributed by atoms with van der Waals surface area (Å²) in [6.07, 6.45) is 4.03. The van der Waals surface area contributed by atoms with Crippen molar-refractivity contribution in [3.05, 3.63) is 41.9 Å². The van der Waals surface area contributed by atoms with Crippen LogP contribution < -0.4 is 0 Å². The van der Waals surface area contributed by atoms with E-state index in [1.54, 1.807) is 18.3 Å². The second-order valence-corrected chi connectivity index (χ2v) is 3.08. The van der Waals surface area contributed by atoms with E-state index in [1.807, 2.05) is 0 Å². The minimum Gasteiger partial charge on any atom is -0.478 e. The van der Waals surface area contributed by atoms with Crippen LogP contribution in [-0.2, 0) is 4.79 Å². The van der Waals surface area contributed by atoms with Crippen LogP contribution in [0.3, 0.4) is 0 Å². The highest BCUT2D eigenvalue weighted by atomic mass is 19.1. The van der Waals surface area contributed by atoms with E-state index in [2.05, 4.69) is 4.98 Å². The number of halogens is 1. The molecule has 0 aliphatic rings. The average Bonchev–Trinajstić information content (AvgIpc) is 2.59. The first-order chi connectivity index (χ1) is 7.18. The maximum Gasteiger partial charge on any atom is 0.328 e. The Hall–Kier alpha value is -2.10. The Bertz CT molecular complexity index is 543. The molecule has 2 rings (SSSR count). The average molecular weight is 205 g/mol. The number of aromatic nitrogens is 1. The van der Waals surface area contributed by atoms with Crippen molar-refractivity contribution in [1.82, 2.24) is 4.98 Å². The number of aliphatic carboxylic acids is 1. The predicted molar refractivity (Wildman–Crippen MR) is 54.9 cm³/mol. The lowest BCUT2D eigenvalue weighted by atomic mass is 10.1. The van der Waals surface area contributed by atoms with Gasteiger partial charge in [-0.05, 0) is 12.1 Å². The zero-order chi connectivity index (χ0) is 10.8. The van der Waals surface area contributed by atoms with Crippen molar-refractivity contribution < 1.29 is 14.3 Å². The van der Waals surface area contributed by atoms with Gasteiger partial charge in [-0.25, -0.2) is 9.18 Å². The Morgan fingerprint density at radius 2 is 2.27 bits per heavy atom. The molecule has 0 amide bonds. The summed E-state index contributed by atoms with van der Waals surface area (Å²) in [6, 6.07) is 4.67. The van der Waals surface area contributed by atoms with Crippen LogP contribution in [0.25, 0.3) is 17.0 Å². The summed E-state index contributed by atoms with van der Waals surface area (Å²) in [7, 11) is 0. The van der Waals surface area contributed by atoms with Gasteiger partial charge in [-0.2, -0.15) is 0 Å². The second-order valence-electron chi connectivity index (χ2n) is 3.08. The molecule has 2 N–H and O–H groups in total. The molecule has 3 nitrogen and oxygen atoms in total. The van der Waals surface area contributed by atoms with Crippen molar-refractivity contribution in [3.63, 3.8) is 0 Å². The standard InChI is InChI=1S/C11H8FNO2/c12-9-3-1-2-8-7(4-5-10(14)15)6-13-11(8)9/h1-6,13H,(H,14,15)/b5-4-. The van der Waals surface area contributed by atoms with Crippen molar-refractivity contribution in [3.8, 4) is 0 Å². The lowest BCUT2D eigenvalue weighted by molar-refractivity contribution is -0.131. The van der Waals surface area contributed by atoms with Gasteiger partial charge in [0.15, 0.2) is 0 Å². The summed E-state index contributed by atoms with van der Waals surface area (Å²) in [6.45, 7) is 0. The van der Waals surface area contributed by atoms with Crippen molar-refractivity contribution in [2.24, 2.45) is 0 Å². The quantitative estimate of drug-likeness (QED) is 0.739. The van der Waals surface area contributed by atoms with E-state index in [0.29, 0.717) is 16.5 Å². The van der Waals surface area contributed by atoms with E-state index < -0.39 is 5.97 Å². The lowest BCUT2D eigenvalue weighted by Gasteiger charge is -1.92. The molecule has 0 unspecified atom stereocenters. The Balaban J connectivity index is 2.54. The Kier molecular flexibility index (Phi) is 2.25. The number of rotatable bonds is 2. The van der Waals surface area contributed by atoms with Crippen LogP contribution in [0.5, 0.6) is 0 Å². The van der Waals surface area contributed by atoms with Crippen LogP contribution in [0.15, 0.2) is 30.5 Å². The fourth-order valence-corrected chi connectivity index (χ4v) is 1.44. The molecule has 0 atom stereocenters. The van der Waals surface area contributed by atoms with Gasteiger partial charge < -0.3 is 10.1 Å². The molecule has 76 valence electrons. The SMILES string of the molecule is O=C(O)/C=C\c1c[nH]c2c(F)cccc12. The van der Waals surface area contributed by atoms with Crippen LogP contribution in [0, 0.1) is 5.82 Å². The van der Waals surface area contributed by atoms with E-state index >= 15 is 0 Å². The van der Waals surface area contributed by atoms with Gasteiger partial charge in [-0.1, -0.05) is 12.1 Å². The Labute approximate surface area is 84.8 Å². The van der Waals surface area contributed by atoms with E-state index in [1.165, 1.54) is 12.1 Å². The number of fused-ring (bicyclic) bond motifs is 1. The molecule has 2 aromatic rings. The van der Waals surface area contributed by atoms with Gasteiger partial charge in [0.05, 0.1) is 5.52 Å². The van der Waals surface area contributed by atoms with Gasteiger partial charge in [0.1, 0.15) is 5.82 Å². The fourth-order valence-electron chi connectivity index (χ4n) is 1.44. The van der Waals surface area contributed by atoms with Crippen LogP contribution in [0.4, 0.5) is 4.39 Å². The molecule has 1 heterocycles. The van der Waals surface area contributed by atoms with Gasteiger partial charge in [0.2, 0.25) is 0 Å². The number of para-hydroxylation sites is 1. The third-order valence-corrected chi connectivity index (χ3v) is 2.10. The molecular weight excluding hydrogens is 197 g/mol. The first-order valence-corrected chi connectivity index (χ1v) is 4.35. The van der Waals surface area contributed by atoms with Gasteiger partial charge in [0.25, 0.3) is 0 Å². The highest BCUT2D eigenvalue weighted by molar-refractivity contribution is 5.93. The van der Waals surface area contributed by atoms with E-state index in [9.17, 15) is 9.18 Å². The lowest BCUT2D eigenvalue weighted by Crippen LogP contribution is -1.85. The van der Waals surface area contributed by atoms with Crippen LogP contribution in [0.1, 0.15) is 5.56 Å². The summed E-state index contributed by atoms with van der Waals surface area (Å²) in [4.78, 5) is 13.1. The molecule has 0 saturated heterocycles. The number of nitrogens with one attached hydrogen (secondary N) is 1. The van der Waals surface area contributed by atoms with Gasteiger partial charge in [0, 0.05) is 23.2 Å². The maximum absolute atomic E-state index is 13.2. The zero-order valence-corrected chi connectivity index (χ0v) is 7.70. The maximum atomic E-state index is 13.2. The molecular formula is C11H8FNO2. The largest absolute Gasteiger partial charge is 0.478 e. The van der Waals surface area contributed by atoms with E-state index in [0.717, 1.165) is 6.08 Å². The van der Waals surface area contributed by atoms with Crippen LogP contribution in [-0.4, -0.2) is 16.1 Å². The minimum absolute atomic E-state index is 0.345. The van der Waals surface area contributed by atoms with Crippen molar-refractivity contribution >= 4 is 22.9 Å². The monoisotopic (exact) mass is 205 g/mol. The number of benzene rings is 1. The molecule has 0 bridgehead atoms. The summed E-state index contributed by atoms with van der Waals surface area (Å²) in [5.74, 6) is -1.37. The highest BCUT2D eigenvalue weighted by Gasteiger charge is 2.04. The number of hydrogen-bond acceptors (Lipinski definition) is 1. The van der Waals surface area contributed by atoms with Crippen LogP contribution >= 0.6 is 0 Å². The normalized spacial score (nSPS) is 11.3. The molecule has 0 aliphatic carbocycles. The Morgan fingerprint density at radius 3 is 3.00 bits per heavy atom. The summed E-state index contributed by atoms with van der Waals surface area (Å²) < 4.78 is 13.2. The zero-order valence-electron chi connectivity index (χ0n) is 7.70. The molecule has 1 aromatic heterocycles. The molecule has 0 saturated carbocycles. The van der Waals surface area contributed by atoms with Crippen molar-refractivity contribution in [2.45, 2.75) is 0 Å². The first kappa shape index (κ1) is 9.45. The molecule has 0 fully saturated rings. The van der Waals surface area contributed by atoms with E-state index in [-0.39, 0.29) is 5.82 Å². The number of carboxylic acid groups (broad SMARTS) is 1. The Morgan fingerprint density at radius 1 is 1.47 bits per heavy atom. The molecule has 0 aliphatic heterocycles. The smallest absolute Gasteiger partial charge is 0.328 e. The third kappa shape index (κ3) is 1.74. The fraction of sp³-hybridized carbons (Fsp3) is 0. The number of carboxylic acids is 1. The number of H-pyrrole nitrogens is 1. The van der Waals surface area contributed by atoms with Gasteiger partial charge >= 0.3 is 5.97 Å². The summed E-state index contributed by atoms with van der Waals surface area (Å²) in [5.41, 5.74) is 1.05. The third-order valence-electron chi connectivity index (χ3n) is 2.10. The van der Waals surface area contributed by atoms with Crippen LogP contribution in [0.2, 0.25) is 0 Å².